The summed E-state index contributed by atoms with van der Waals surface area (Å²) < 4.78 is 54.5. The SMILES string of the molecule is CN1c2cc(F)cc3c(O)c(C(=O)NCC(O)O)c(=O)n(c23)CC1c1ccc(C(F)(F)F)cc1. The van der Waals surface area contributed by atoms with E-state index >= 15 is 0 Å². The molecule has 0 saturated carbocycles. The van der Waals surface area contributed by atoms with Gasteiger partial charge in [-0.1, -0.05) is 12.1 Å². The molecule has 0 radical (unpaired) electrons. The Hall–Kier alpha value is -3.64. The van der Waals surface area contributed by atoms with Crippen LogP contribution in [0.25, 0.3) is 10.9 Å². The van der Waals surface area contributed by atoms with Crippen molar-refractivity contribution in [3.8, 4) is 5.75 Å². The van der Waals surface area contributed by atoms with E-state index in [0.29, 0.717) is 5.56 Å². The summed E-state index contributed by atoms with van der Waals surface area (Å²) in [7, 11) is 1.57. The molecule has 4 N–H and O–H groups in total. The van der Waals surface area contributed by atoms with Crippen molar-refractivity contribution < 1.29 is 37.7 Å². The van der Waals surface area contributed by atoms with E-state index in [-0.39, 0.29) is 23.1 Å². The summed E-state index contributed by atoms with van der Waals surface area (Å²) in [6.07, 6.45) is -6.44. The second kappa shape index (κ2) is 8.29. The third-order valence-corrected chi connectivity index (χ3v) is 5.77. The molecule has 1 aliphatic heterocycles. The number of alkyl halides is 3. The van der Waals surface area contributed by atoms with E-state index in [4.69, 9.17) is 10.2 Å². The summed E-state index contributed by atoms with van der Waals surface area (Å²) >= 11 is 0. The molecule has 34 heavy (non-hydrogen) atoms. The number of nitrogens with zero attached hydrogens (tertiary/aromatic N) is 2. The number of rotatable bonds is 4. The Morgan fingerprint density at radius 3 is 2.44 bits per heavy atom. The number of aliphatic hydroxyl groups is 2. The van der Waals surface area contributed by atoms with Crippen LogP contribution in [0.15, 0.2) is 41.2 Å². The van der Waals surface area contributed by atoms with Crippen LogP contribution in [0.1, 0.15) is 27.5 Å². The molecule has 0 bridgehead atoms. The minimum absolute atomic E-state index is 0.112. The zero-order chi connectivity index (χ0) is 24.9. The lowest BCUT2D eigenvalue weighted by atomic mass is 9.98. The number of hydrogen-bond acceptors (Lipinski definition) is 6. The Labute approximate surface area is 189 Å². The maximum atomic E-state index is 14.5. The Bertz CT molecular complexity index is 1340. The van der Waals surface area contributed by atoms with E-state index in [1.54, 1.807) is 11.9 Å². The fourth-order valence-electron chi connectivity index (χ4n) is 4.13. The van der Waals surface area contributed by atoms with Gasteiger partial charge in [0.15, 0.2) is 6.29 Å². The van der Waals surface area contributed by atoms with Gasteiger partial charge in [0, 0.05) is 12.4 Å². The summed E-state index contributed by atoms with van der Waals surface area (Å²) in [4.78, 5) is 27.3. The lowest BCUT2D eigenvalue weighted by molar-refractivity contribution is -0.137. The van der Waals surface area contributed by atoms with E-state index < -0.39 is 59.2 Å². The highest BCUT2D eigenvalue weighted by Gasteiger charge is 2.34. The van der Waals surface area contributed by atoms with Gasteiger partial charge >= 0.3 is 6.18 Å². The normalized spacial score (nSPS) is 15.8. The second-order valence-corrected chi connectivity index (χ2v) is 7.90. The van der Waals surface area contributed by atoms with Gasteiger partial charge in [-0.3, -0.25) is 9.59 Å². The molecule has 3 aromatic rings. The molecular weight excluding hydrogens is 462 g/mol. The van der Waals surface area contributed by atoms with Crippen LogP contribution in [0.3, 0.4) is 0 Å². The first-order chi connectivity index (χ1) is 15.9. The topological polar surface area (TPSA) is 115 Å². The number of carbonyl (C=O) groups is 1. The molecule has 2 aromatic carbocycles. The van der Waals surface area contributed by atoms with Crippen LogP contribution in [-0.2, 0) is 12.7 Å². The first-order valence-corrected chi connectivity index (χ1v) is 10.0. The first kappa shape index (κ1) is 23.5. The Kier molecular flexibility index (Phi) is 5.74. The Morgan fingerprint density at radius 2 is 1.85 bits per heavy atom. The highest BCUT2D eigenvalue weighted by atomic mass is 19.4. The molecule has 2 heterocycles. The third kappa shape index (κ3) is 3.94. The van der Waals surface area contributed by atoms with Crippen molar-refractivity contribution in [3.63, 3.8) is 0 Å². The van der Waals surface area contributed by atoms with Gasteiger partial charge in [0.25, 0.3) is 11.5 Å². The van der Waals surface area contributed by atoms with Crippen molar-refractivity contribution in [2.45, 2.75) is 25.1 Å². The predicted octanol–water partition coefficient (Wildman–Crippen LogP) is 2.10. The van der Waals surface area contributed by atoms with Crippen molar-refractivity contribution in [1.82, 2.24) is 9.88 Å². The standard InChI is InChI=1S/C22H19F4N3O5/c1-28-14-7-12(23)6-13-18(14)29(21(34)17(19(13)32)20(33)27-8-16(30)31)9-15(28)10-2-4-11(5-3-10)22(24,25)26/h2-7,15-16,30-32H,8-9H2,1H3,(H,27,33). The van der Waals surface area contributed by atoms with Crippen LogP contribution in [-0.4, -0.2) is 45.7 Å². The van der Waals surface area contributed by atoms with Gasteiger partial charge in [0.1, 0.15) is 17.1 Å². The smallest absolute Gasteiger partial charge is 0.416 e. The average molecular weight is 481 g/mol. The van der Waals surface area contributed by atoms with Crippen molar-refractivity contribution in [3.05, 3.63) is 69.3 Å². The molecule has 0 fully saturated rings. The van der Waals surface area contributed by atoms with Gasteiger partial charge < -0.3 is 30.1 Å². The maximum Gasteiger partial charge on any atom is 0.416 e. The molecule has 1 aromatic heterocycles. The molecule has 4 rings (SSSR count). The fraction of sp³-hybridized carbons (Fsp3) is 0.273. The van der Waals surface area contributed by atoms with Gasteiger partial charge in [0.2, 0.25) is 0 Å². The van der Waals surface area contributed by atoms with Crippen LogP contribution in [0.2, 0.25) is 0 Å². The number of halogens is 4. The van der Waals surface area contributed by atoms with Crippen LogP contribution in [0, 0.1) is 5.82 Å². The fourth-order valence-corrected chi connectivity index (χ4v) is 4.13. The largest absolute Gasteiger partial charge is 0.506 e. The Balaban J connectivity index is 1.87. The second-order valence-electron chi connectivity index (χ2n) is 7.90. The lowest BCUT2D eigenvalue weighted by Gasteiger charge is -2.37. The summed E-state index contributed by atoms with van der Waals surface area (Å²) in [6, 6.07) is 5.69. The van der Waals surface area contributed by atoms with Crippen molar-refractivity contribution in [2.75, 3.05) is 18.5 Å². The minimum Gasteiger partial charge on any atom is -0.506 e. The molecule has 0 aliphatic carbocycles. The molecule has 1 aliphatic rings. The number of aliphatic hydroxyl groups excluding tert-OH is 1. The number of amides is 1. The monoisotopic (exact) mass is 481 g/mol. The molecule has 1 atom stereocenters. The average Bonchev–Trinajstić information content (AvgIpc) is 2.76. The number of likely N-dealkylation sites (N-methyl/N-ethyl adjacent to an activating group) is 1. The summed E-state index contributed by atoms with van der Waals surface area (Å²) in [5, 5.41) is 30.6. The zero-order valence-electron chi connectivity index (χ0n) is 17.6. The molecule has 0 spiro atoms. The van der Waals surface area contributed by atoms with E-state index in [1.807, 2.05) is 0 Å². The first-order valence-electron chi connectivity index (χ1n) is 10.0. The molecule has 1 unspecified atom stereocenters. The van der Waals surface area contributed by atoms with E-state index in [0.717, 1.165) is 28.8 Å². The molecule has 12 heteroatoms. The summed E-state index contributed by atoms with van der Waals surface area (Å²) in [6.45, 7) is -0.736. The van der Waals surface area contributed by atoms with Crippen LogP contribution >= 0.6 is 0 Å². The van der Waals surface area contributed by atoms with Gasteiger partial charge in [-0.2, -0.15) is 13.2 Å². The molecule has 8 nitrogen and oxygen atoms in total. The summed E-state index contributed by atoms with van der Waals surface area (Å²) in [5.41, 5.74) is -1.75. The molecular formula is C22H19F4N3O5. The van der Waals surface area contributed by atoms with Crippen LogP contribution in [0.4, 0.5) is 23.2 Å². The van der Waals surface area contributed by atoms with Gasteiger partial charge in [-0.05, 0) is 29.8 Å². The highest BCUT2D eigenvalue weighted by Crippen LogP contribution is 2.41. The number of pyridine rings is 1. The number of aromatic nitrogens is 1. The van der Waals surface area contributed by atoms with Gasteiger partial charge in [-0.15, -0.1) is 0 Å². The number of aromatic hydroxyl groups is 1. The van der Waals surface area contributed by atoms with E-state index in [9.17, 15) is 32.3 Å². The quantitative estimate of drug-likeness (QED) is 0.335. The highest BCUT2D eigenvalue weighted by molar-refractivity contribution is 6.05. The molecule has 180 valence electrons. The molecule has 1 amide bonds. The number of nitrogens with one attached hydrogen (secondary N) is 1. The van der Waals surface area contributed by atoms with Gasteiger partial charge in [0.05, 0.1) is 35.9 Å². The number of hydrogen-bond donors (Lipinski definition) is 4. The van der Waals surface area contributed by atoms with E-state index in [2.05, 4.69) is 5.32 Å². The number of benzene rings is 2. The van der Waals surface area contributed by atoms with Crippen LogP contribution in [0.5, 0.6) is 5.75 Å². The van der Waals surface area contributed by atoms with Gasteiger partial charge in [-0.25, -0.2) is 4.39 Å². The number of anilines is 1. The van der Waals surface area contributed by atoms with E-state index in [1.165, 1.54) is 12.1 Å². The number of carbonyl (C=O) groups excluding carboxylic acids is 1. The zero-order valence-corrected chi connectivity index (χ0v) is 17.6. The van der Waals surface area contributed by atoms with Crippen molar-refractivity contribution in [2.24, 2.45) is 0 Å². The molecule has 0 saturated heterocycles. The minimum atomic E-state index is -4.53. The maximum absolute atomic E-state index is 14.5. The third-order valence-electron chi connectivity index (χ3n) is 5.77. The summed E-state index contributed by atoms with van der Waals surface area (Å²) in [5.74, 6) is -2.65. The van der Waals surface area contributed by atoms with Crippen molar-refractivity contribution in [1.29, 1.82) is 0 Å². The Morgan fingerprint density at radius 1 is 1.21 bits per heavy atom. The van der Waals surface area contributed by atoms with Crippen LogP contribution < -0.4 is 15.8 Å². The predicted molar refractivity (Wildman–Crippen MR) is 113 cm³/mol. The lowest BCUT2D eigenvalue weighted by Crippen LogP contribution is -2.41. The van der Waals surface area contributed by atoms with Crippen molar-refractivity contribution >= 4 is 22.5 Å².